The Labute approximate surface area is 112 Å². The maximum atomic E-state index is 13.1. The van der Waals surface area contributed by atoms with Crippen molar-refractivity contribution in [2.75, 3.05) is 0 Å². The summed E-state index contributed by atoms with van der Waals surface area (Å²) in [6.07, 6.45) is 0.414. The maximum absolute atomic E-state index is 13.1. The van der Waals surface area contributed by atoms with Crippen molar-refractivity contribution in [1.82, 2.24) is 0 Å². The smallest absolute Gasteiger partial charge is 0.126 e. The zero-order chi connectivity index (χ0) is 14.0. The Morgan fingerprint density at radius 1 is 0.895 bits per heavy atom. The molecular weight excluding hydrogens is 244 g/mol. The van der Waals surface area contributed by atoms with E-state index in [2.05, 4.69) is 6.07 Å². The number of aryl methyl sites for hydroxylation is 2. The van der Waals surface area contributed by atoms with E-state index < -0.39 is 11.6 Å². The lowest BCUT2D eigenvalue weighted by atomic mass is 9.96. The van der Waals surface area contributed by atoms with Crippen LogP contribution in [0.2, 0.25) is 0 Å². The van der Waals surface area contributed by atoms with Gasteiger partial charge in [0.25, 0.3) is 0 Å². The second kappa shape index (κ2) is 5.49. The monoisotopic (exact) mass is 261 g/mol. The third-order valence-electron chi connectivity index (χ3n) is 3.05. The van der Waals surface area contributed by atoms with Gasteiger partial charge in [-0.2, -0.15) is 0 Å². The molecule has 0 aliphatic carbocycles. The van der Waals surface area contributed by atoms with E-state index in [0.29, 0.717) is 12.0 Å². The van der Waals surface area contributed by atoms with Crippen LogP contribution in [0.5, 0.6) is 0 Å². The van der Waals surface area contributed by atoms with Gasteiger partial charge in [-0.15, -0.1) is 0 Å². The van der Waals surface area contributed by atoms with Crippen molar-refractivity contribution >= 4 is 0 Å². The zero-order valence-electron chi connectivity index (χ0n) is 11.1. The lowest BCUT2D eigenvalue weighted by Gasteiger charge is -2.14. The molecule has 1 atom stereocenters. The standard InChI is InChI=1S/C16H17F2N/c1-10-3-11(2)5-13(4-10)16(19)8-12-6-14(17)9-15(18)7-12/h3-7,9,16H,8,19H2,1-2H3. The number of hydrogen-bond donors (Lipinski definition) is 1. The van der Waals surface area contributed by atoms with E-state index in [1.807, 2.05) is 26.0 Å². The molecule has 0 aliphatic rings. The maximum Gasteiger partial charge on any atom is 0.126 e. The van der Waals surface area contributed by atoms with Crippen LogP contribution in [0.15, 0.2) is 36.4 Å². The van der Waals surface area contributed by atoms with Gasteiger partial charge in [-0.25, -0.2) is 8.78 Å². The van der Waals surface area contributed by atoms with Crippen molar-refractivity contribution in [1.29, 1.82) is 0 Å². The molecule has 0 aliphatic heterocycles. The largest absolute Gasteiger partial charge is 0.324 e. The van der Waals surface area contributed by atoms with Gasteiger partial charge >= 0.3 is 0 Å². The highest BCUT2D eigenvalue weighted by molar-refractivity contribution is 5.32. The van der Waals surface area contributed by atoms with Crippen LogP contribution in [0.4, 0.5) is 8.78 Å². The van der Waals surface area contributed by atoms with Crippen molar-refractivity contribution in [2.24, 2.45) is 5.73 Å². The molecule has 0 heterocycles. The highest BCUT2D eigenvalue weighted by Crippen LogP contribution is 2.20. The third kappa shape index (κ3) is 3.61. The molecule has 1 unspecified atom stereocenters. The van der Waals surface area contributed by atoms with Crippen LogP contribution in [-0.2, 0) is 6.42 Å². The van der Waals surface area contributed by atoms with Gasteiger partial charge in [0.15, 0.2) is 0 Å². The average molecular weight is 261 g/mol. The van der Waals surface area contributed by atoms with Crippen molar-refractivity contribution in [3.63, 3.8) is 0 Å². The second-order valence-electron chi connectivity index (χ2n) is 5.01. The van der Waals surface area contributed by atoms with E-state index in [9.17, 15) is 8.78 Å². The Balaban J connectivity index is 2.22. The highest BCUT2D eigenvalue weighted by Gasteiger charge is 2.10. The SMILES string of the molecule is Cc1cc(C)cc(C(N)Cc2cc(F)cc(F)c2)c1. The fourth-order valence-corrected chi connectivity index (χ4v) is 2.32. The van der Waals surface area contributed by atoms with E-state index in [4.69, 9.17) is 5.73 Å². The highest BCUT2D eigenvalue weighted by atomic mass is 19.1. The summed E-state index contributed by atoms with van der Waals surface area (Å²) in [5.74, 6) is -1.13. The molecule has 2 rings (SSSR count). The molecule has 2 N–H and O–H groups in total. The third-order valence-corrected chi connectivity index (χ3v) is 3.05. The first-order chi connectivity index (χ1) is 8.94. The summed E-state index contributed by atoms with van der Waals surface area (Å²) in [5, 5.41) is 0. The number of hydrogen-bond acceptors (Lipinski definition) is 1. The lowest BCUT2D eigenvalue weighted by Crippen LogP contribution is -2.14. The topological polar surface area (TPSA) is 26.0 Å². The van der Waals surface area contributed by atoms with Gasteiger partial charge in [-0.3, -0.25) is 0 Å². The number of rotatable bonds is 3. The Morgan fingerprint density at radius 2 is 1.42 bits per heavy atom. The Kier molecular flexibility index (Phi) is 3.96. The Bertz CT molecular complexity index is 553. The van der Waals surface area contributed by atoms with Gasteiger partial charge in [0.1, 0.15) is 11.6 Å². The van der Waals surface area contributed by atoms with E-state index in [1.165, 1.54) is 12.1 Å². The molecule has 0 aromatic heterocycles. The van der Waals surface area contributed by atoms with Gasteiger partial charge in [0.05, 0.1) is 0 Å². The molecule has 0 saturated heterocycles. The summed E-state index contributed by atoms with van der Waals surface area (Å²) in [5.41, 5.74) is 9.95. The van der Waals surface area contributed by atoms with Crippen molar-refractivity contribution in [3.05, 3.63) is 70.3 Å². The predicted octanol–water partition coefficient (Wildman–Crippen LogP) is 3.82. The van der Waals surface area contributed by atoms with Crippen LogP contribution >= 0.6 is 0 Å². The van der Waals surface area contributed by atoms with Crippen LogP contribution in [0.1, 0.15) is 28.3 Å². The van der Waals surface area contributed by atoms with Gasteiger partial charge < -0.3 is 5.73 Å². The first-order valence-corrected chi connectivity index (χ1v) is 6.23. The fourth-order valence-electron chi connectivity index (χ4n) is 2.32. The van der Waals surface area contributed by atoms with Crippen molar-refractivity contribution in [3.8, 4) is 0 Å². The van der Waals surface area contributed by atoms with E-state index in [0.717, 1.165) is 22.8 Å². The molecule has 2 aromatic rings. The van der Waals surface area contributed by atoms with E-state index in [1.54, 1.807) is 0 Å². The minimum Gasteiger partial charge on any atom is -0.324 e. The van der Waals surface area contributed by atoms with Crippen LogP contribution in [0, 0.1) is 25.5 Å². The summed E-state index contributed by atoms with van der Waals surface area (Å²) in [7, 11) is 0. The van der Waals surface area contributed by atoms with Gasteiger partial charge in [0, 0.05) is 12.1 Å². The molecule has 100 valence electrons. The van der Waals surface area contributed by atoms with Crippen LogP contribution in [0.25, 0.3) is 0 Å². The first-order valence-electron chi connectivity index (χ1n) is 6.23. The summed E-state index contributed by atoms with van der Waals surface area (Å²) in [6.45, 7) is 4.01. The normalized spacial score (nSPS) is 12.5. The zero-order valence-corrected chi connectivity index (χ0v) is 11.1. The molecule has 0 fully saturated rings. The van der Waals surface area contributed by atoms with Crippen molar-refractivity contribution < 1.29 is 8.78 Å². The number of nitrogens with two attached hydrogens (primary N) is 1. The minimum atomic E-state index is -0.567. The molecule has 0 radical (unpaired) electrons. The molecule has 0 amide bonds. The minimum absolute atomic E-state index is 0.264. The molecule has 0 saturated carbocycles. The quantitative estimate of drug-likeness (QED) is 0.893. The van der Waals surface area contributed by atoms with E-state index in [-0.39, 0.29) is 6.04 Å². The molecule has 3 heteroatoms. The van der Waals surface area contributed by atoms with Gasteiger partial charge in [-0.05, 0) is 43.5 Å². The summed E-state index contributed by atoms with van der Waals surface area (Å²) in [4.78, 5) is 0. The van der Waals surface area contributed by atoms with Crippen LogP contribution in [-0.4, -0.2) is 0 Å². The fraction of sp³-hybridized carbons (Fsp3) is 0.250. The molecule has 0 spiro atoms. The predicted molar refractivity (Wildman–Crippen MR) is 72.9 cm³/mol. The van der Waals surface area contributed by atoms with Crippen LogP contribution in [0.3, 0.4) is 0 Å². The Morgan fingerprint density at radius 3 is 1.95 bits per heavy atom. The average Bonchev–Trinajstić information content (AvgIpc) is 2.25. The Hall–Kier alpha value is -1.74. The summed E-state index contributed by atoms with van der Waals surface area (Å²) < 4.78 is 26.3. The van der Waals surface area contributed by atoms with Crippen molar-refractivity contribution in [2.45, 2.75) is 26.3 Å². The van der Waals surface area contributed by atoms with Crippen LogP contribution < -0.4 is 5.73 Å². The molecular formula is C16H17F2N. The molecule has 1 nitrogen and oxygen atoms in total. The first kappa shape index (κ1) is 13.7. The van der Waals surface area contributed by atoms with Gasteiger partial charge in [0.2, 0.25) is 0 Å². The van der Waals surface area contributed by atoms with Gasteiger partial charge in [-0.1, -0.05) is 29.3 Å². The van der Waals surface area contributed by atoms with E-state index >= 15 is 0 Å². The molecule has 19 heavy (non-hydrogen) atoms. The molecule has 2 aromatic carbocycles. The summed E-state index contributed by atoms with van der Waals surface area (Å²) in [6, 6.07) is 9.33. The number of halogens is 2. The number of benzene rings is 2. The lowest BCUT2D eigenvalue weighted by molar-refractivity contribution is 0.576. The molecule has 0 bridgehead atoms. The summed E-state index contributed by atoms with van der Waals surface area (Å²) >= 11 is 0. The second-order valence-corrected chi connectivity index (χ2v) is 5.01.